The summed E-state index contributed by atoms with van der Waals surface area (Å²) in [6.07, 6.45) is 2.31. The Balaban J connectivity index is 1.94. The van der Waals surface area contributed by atoms with Crippen LogP contribution < -0.4 is 10.9 Å². The first-order valence-corrected chi connectivity index (χ1v) is 7.12. The van der Waals surface area contributed by atoms with E-state index in [-0.39, 0.29) is 11.6 Å². The average molecular weight is 303 g/mol. The molecule has 116 valence electrons. The van der Waals surface area contributed by atoms with Crippen molar-refractivity contribution < 1.29 is 4.39 Å². The molecule has 7 heteroatoms. The Labute approximate surface area is 127 Å². The van der Waals surface area contributed by atoms with E-state index in [9.17, 15) is 9.18 Å². The van der Waals surface area contributed by atoms with Gasteiger partial charge in [-0.1, -0.05) is 0 Å². The highest BCUT2D eigenvalue weighted by Crippen LogP contribution is 2.19. The van der Waals surface area contributed by atoms with Crippen LogP contribution in [0.2, 0.25) is 0 Å². The molecule has 1 saturated heterocycles. The van der Waals surface area contributed by atoms with E-state index in [1.54, 1.807) is 31.6 Å². The molecule has 2 atom stereocenters. The highest BCUT2D eigenvalue weighted by atomic mass is 19.1. The zero-order valence-electron chi connectivity index (χ0n) is 12.5. The quantitative estimate of drug-likeness (QED) is 0.913. The van der Waals surface area contributed by atoms with Gasteiger partial charge < -0.3 is 10.2 Å². The number of nitrogens with one attached hydrogen (secondary N) is 1. The molecule has 2 aromatic heterocycles. The lowest BCUT2D eigenvalue weighted by Crippen LogP contribution is -2.33. The second-order valence-corrected chi connectivity index (χ2v) is 5.59. The monoisotopic (exact) mass is 303 g/mol. The molecule has 0 unspecified atom stereocenters. The molecule has 0 bridgehead atoms. The first kappa shape index (κ1) is 14.6. The van der Waals surface area contributed by atoms with Gasteiger partial charge in [-0.05, 0) is 19.2 Å². The van der Waals surface area contributed by atoms with Gasteiger partial charge in [-0.25, -0.2) is 9.37 Å². The smallest absolute Gasteiger partial charge is 0.255 e. The van der Waals surface area contributed by atoms with Gasteiger partial charge in [-0.15, -0.1) is 0 Å². The number of aromatic nitrogens is 3. The normalized spacial score (nSPS) is 22.0. The molecule has 3 heterocycles. The van der Waals surface area contributed by atoms with Crippen LogP contribution in [0.3, 0.4) is 0 Å². The van der Waals surface area contributed by atoms with Crippen molar-refractivity contribution in [3.63, 3.8) is 0 Å². The third-order valence-corrected chi connectivity index (χ3v) is 3.86. The van der Waals surface area contributed by atoms with Gasteiger partial charge in [0, 0.05) is 44.2 Å². The predicted molar refractivity (Wildman–Crippen MR) is 82.5 cm³/mol. The first-order valence-electron chi connectivity index (χ1n) is 7.12. The summed E-state index contributed by atoms with van der Waals surface area (Å²) in [4.78, 5) is 22.4. The van der Waals surface area contributed by atoms with Crippen LogP contribution in [0.4, 0.5) is 10.3 Å². The molecule has 1 fully saturated rings. The van der Waals surface area contributed by atoms with Crippen LogP contribution in [0.1, 0.15) is 0 Å². The van der Waals surface area contributed by atoms with E-state index in [0.717, 1.165) is 5.56 Å². The molecule has 0 spiro atoms. The van der Waals surface area contributed by atoms with Gasteiger partial charge in [0.15, 0.2) is 0 Å². The summed E-state index contributed by atoms with van der Waals surface area (Å²) in [5.41, 5.74) is 1.16. The minimum Gasteiger partial charge on any atom is -0.349 e. The highest BCUT2D eigenvalue weighted by molar-refractivity contribution is 5.59. The molecule has 0 amide bonds. The SMILES string of the molecule is CN1C[C@@H](F)[C@@H](Nc2nc(-c3ccncc3)cc(=O)n2C)C1. The number of rotatable bonds is 3. The number of anilines is 1. The summed E-state index contributed by atoms with van der Waals surface area (Å²) in [5, 5.41) is 3.06. The summed E-state index contributed by atoms with van der Waals surface area (Å²) in [6.45, 7) is 0.964. The fourth-order valence-corrected chi connectivity index (χ4v) is 2.59. The van der Waals surface area contributed by atoms with Crippen molar-refractivity contribution in [2.24, 2.45) is 7.05 Å². The maximum Gasteiger partial charge on any atom is 0.255 e. The Morgan fingerprint density at radius 3 is 2.64 bits per heavy atom. The van der Waals surface area contributed by atoms with Crippen molar-refractivity contribution in [1.29, 1.82) is 0 Å². The second-order valence-electron chi connectivity index (χ2n) is 5.59. The van der Waals surface area contributed by atoms with Crippen LogP contribution >= 0.6 is 0 Å². The van der Waals surface area contributed by atoms with Gasteiger partial charge in [-0.3, -0.25) is 14.3 Å². The predicted octanol–water partition coefficient (Wildman–Crippen LogP) is 0.906. The standard InChI is InChI=1S/C15H18FN5O/c1-20-8-11(16)13(9-20)19-15-18-12(7-14(22)21(15)2)10-3-5-17-6-4-10/h3-7,11,13H,8-9H2,1-2H3,(H,18,19)/t11-,13+/m1/s1. The number of alkyl halides is 1. The lowest BCUT2D eigenvalue weighted by molar-refractivity contribution is 0.313. The fourth-order valence-electron chi connectivity index (χ4n) is 2.59. The summed E-state index contributed by atoms with van der Waals surface area (Å²) in [5.74, 6) is 0.377. The number of nitrogens with zero attached hydrogens (tertiary/aromatic N) is 4. The number of likely N-dealkylation sites (N-methyl/N-ethyl adjacent to an activating group) is 1. The molecule has 22 heavy (non-hydrogen) atoms. The zero-order valence-corrected chi connectivity index (χ0v) is 12.5. The van der Waals surface area contributed by atoms with E-state index in [0.29, 0.717) is 24.7 Å². The Bertz CT molecular complexity index is 718. The van der Waals surface area contributed by atoms with Crippen molar-refractivity contribution in [3.8, 4) is 11.3 Å². The van der Waals surface area contributed by atoms with Gasteiger partial charge in [0.25, 0.3) is 5.56 Å². The van der Waals surface area contributed by atoms with Gasteiger partial charge in [0.05, 0.1) is 11.7 Å². The van der Waals surface area contributed by atoms with E-state index in [1.165, 1.54) is 10.6 Å². The highest BCUT2D eigenvalue weighted by Gasteiger charge is 2.31. The molecule has 1 aliphatic rings. The Kier molecular flexibility index (Phi) is 3.89. The lowest BCUT2D eigenvalue weighted by Gasteiger charge is -2.17. The van der Waals surface area contributed by atoms with Crippen molar-refractivity contribution >= 4 is 5.95 Å². The summed E-state index contributed by atoms with van der Waals surface area (Å²) >= 11 is 0. The molecule has 0 aliphatic carbocycles. The molecule has 0 radical (unpaired) electrons. The molecular weight excluding hydrogens is 285 g/mol. The second kappa shape index (κ2) is 5.84. The van der Waals surface area contributed by atoms with Crippen LogP contribution in [0.5, 0.6) is 0 Å². The number of pyridine rings is 1. The third-order valence-electron chi connectivity index (χ3n) is 3.86. The van der Waals surface area contributed by atoms with E-state index >= 15 is 0 Å². The minimum atomic E-state index is -0.980. The molecular formula is C15H18FN5O. The summed E-state index contributed by atoms with van der Waals surface area (Å²) < 4.78 is 15.4. The maximum absolute atomic E-state index is 14.0. The molecule has 2 aromatic rings. The fraction of sp³-hybridized carbons (Fsp3) is 0.400. The van der Waals surface area contributed by atoms with Gasteiger partial charge in [0.1, 0.15) is 6.17 Å². The number of likely N-dealkylation sites (tertiary alicyclic amines) is 1. The Hall–Kier alpha value is -2.28. The van der Waals surface area contributed by atoms with Crippen LogP contribution in [-0.4, -0.2) is 51.8 Å². The van der Waals surface area contributed by atoms with E-state index in [2.05, 4.69) is 15.3 Å². The minimum absolute atomic E-state index is 0.189. The molecule has 0 aromatic carbocycles. The number of halogens is 1. The van der Waals surface area contributed by atoms with Crippen molar-refractivity contribution in [3.05, 3.63) is 40.9 Å². The topological polar surface area (TPSA) is 63.0 Å². The average Bonchev–Trinajstić information content (AvgIpc) is 2.82. The van der Waals surface area contributed by atoms with Crippen molar-refractivity contribution in [2.45, 2.75) is 12.2 Å². The number of hydrogen-bond acceptors (Lipinski definition) is 5. The third kappa shape index (κ3) is 2.85. The largest absolute Gasteiger partial charge is 0.349 e. The molecule has 1 aliphatic heterocycles. The molecule has 3 rings (SSSR count). The van der Waals surface area contributed by atoms with E-state index in [1.807, 2.05) is 11.9 Å². The summed E-state index contributed by atoms with van der Waals surface area (Å²) in [7, 11) is 3.49. The Morgan fingerprint density at radius 2 is 2.00 bits per heavy atom. The zero-order chi connectivity index (χ0) is 15.7. The summed E-state index contributed by atoms with van der Waals surface area (Å²) in [6, 6.07) is 4.67. The van der Waals surface area contributed by atoms with Gasteiger partial charge in [-0.2, -0.15) is 0 Å². The van der Waals surface area contributed by atoms with E-state index < -0.39 is 6.17 Å². The first-order chi connectivity index (χ1) is 10.5. The molecule has 1 N–H and O–H groups in total. The van der Waals surface area contributed by atoms with Gasteiger partial charge in [0.2, 0.25) is 5.95 Å². The van der Waals surface area contributed by atoms with Crippen LogP contribution in [0.15, 0.2) is 35.4 Å². The van der Waals surface area contributed by atoms with Crippen molar-refractivity contribution in [2.75, 3.05) is 25.5 Å². The van der Waals surface area contributed by atoms with Gasteiger partial charge >= 0.3 is 0 Å². The lowest BCUT2D eigenvalue weighted by atomic mass is 10.2. The van der Waals surface area contributed by atoms with Crippen LogP contribution in [0, 0.1) is 0 Å². The van der Waals surface area contributed by atoms with Crippen LogP contribution in [-0.2, 0) is 7.05 Å². The van der Waals surface area contributed by atoms with E-state index in [4.69, 9.17) is 0 Å². The maximum atomic E-state index is 14.0. The molecule has 0 saturated carbocycles. The Morgan fingerprint density at radius 1 is 1.27 bits per heavy atom. The van der Waals surface area contributed by atoms with Crippen LogP contribution in [0.25, 0.3) is 11.3 Å². The molecule has 6 nitrogen and oxygen atoms in total. The number of hydrogen-bond donors (Lipinski definition) is 1. The van der Waals surface area contributed by atoms with Crippen molar-refractivity contribution in [1.82, 2.24) is 19.4 Å².